The van der Waals surface area contributed by atoms with E-state index in [2.05, 4.69) is 0 Å². The summed E-state index contributed by atoms with van der Waals surface area (Å²) in [6.07, 6.45) is 0.0571. The molecular formula is C22H28FNO4S. The van der Waals surface area contributed by atoms with E-state index in [1.165, 1.54) is 22.5 Å². The first kappa shape index (κ1) is 21.7. The quantitative estimate of drug-likeness (QED) is 0.742. The van der Waals surface area contributed by atoms with Gasteiger partial charge in [0.05, 0.1) is 12.3 Å². The molecule has 2 aromatic carbocycles. The Morgan fingerprint density at radius 3 is 2.48 bits per heavy atom. The second kappa shape index (κ2) is 8.81. The number of aliphatic hydroxyl groups is 1. The van der Waals surface area contributed by atoms with E-state index in [4.69, 9.17) is 4.74 Å². The zero-order chi connectivity index (χ0) is 21.1. The zero-order valence-corrected chi connectivity index (χ0v) is 17.6. The van der Waals surface area contributed by atoms with E-state index in [1.54, 1.807) is 18.2 Å². The number of rotatable bonds is 7. The second-order valence-corrected chi connectivity index (χ2v) is 10.0. The van der Waals surface area contributed by atoms with Crippen LogP contribution in [0.25, 0.3) is 0 Å². The zero-order valence-electron chi connectivity index (χ0n) is 16.8. The fourth-order valence-electron chi connectivity index (χ4n) is 3.83. The summed E-state index contributed by atoms with van der Waals surface area (Å²) in [5.41, 5.74) is -0.996. The van der Waals surface area contributed by atoms with Crippen molar-refractivity contribution in [2.24, 2.45) is 5.92 Å². The van der Waals surface area contributed by atoms with Gasteiger partial charge in [-0.1, -0.05) is 50.2 Å². The topological polar surface area (TPSA) is 66.8 Å². The highest BCUT2D eigenvalue weighted by Gasteiger charge is 2.46. The number of hydrogen-bond donors (Lipinski definition) is 1. The third-order valence-corrected chi connectivity index (χ3v) is 7.03. The Morgan fingerprint density at radius 1 is 1.17 bits per heavy atom. The highest BCUT2D eigenvalue weighted by molar-refractivity contribution is 7.88. The van der Waals surface area contributed by atoms with Gasteiger partial charge in [0.15, 0.2) is 0 Å². The monoisotopic (exact) mass is 421 g/mol. The number of nitrogens with zero attached hydrogens (tertiary/aromatic N) is 1. The molecule has 1 saturated heterocycles. The molecule has 0 radical (unpaired) electrons. The van der Waals surface area contributed by atoms with Crippen LogP contribution in [0, 0.1) is 11.7 Å². The largest absolute Gasteiger partial charge is 0.486 e. The Labute approximate surface area is 172 Å². The predicted octanol–water partition coefficient (Wildman–Crippen LogP) is 3.59. The SMILES string of the molecule is CC(C)C[C@]1(O)CCN(S(=O)(=O)Cc2ccccc2F)C[C@@H]1Oc1ccccc1. The van der Waals surface area contributed by atoms with Crippen molar-refractivity contribution in [3.63, 3.8) is 0 Å². The molecule has 0 aromatic heterocycles. The Bertz CT molecular complexity index is 919. The van der Waals surface area contributed by atoms with Crippen LogP contribution in [-0.2, 0) is 15.8 Å². The molecule has 5 nitrogen and oxygen atoms in total. The molecule has 2 aromatic rings. The maximum atomic E-state index is 14.0. The summed E-state index contributed by atoms with van der Waals surface area (Å²) in [5, 5.41) is 11.3. The average Bonchev–Trinajstić information content (AvgIpc) is 2.65. The molecule has 3 rings (SSSR count). The van der Waals surface area contributed by atoms with Gasteiger partial charge in [-0.15, -0.1) is 0 Å². The number of sulfonamides is 1. The second-order valence-electron chi connectivity index (χ2n) is 8.08. The minimum Gasteiger partial charge on any atom is -0.486 e. The van der Waals surface area contributed by atoms with Crippen LogP contribution in [0.1, 0.15) is 32.3 Å². The van der Waals surface area contributed by atoms with E-state index in [-0.39, 0.29) is 31.0 Å². The lowest BCUT2D eigenvalue weighted by atomic mass is 9.82. The molecule has 29 heavy (non-hydrogen) atoms. The van der Waals surface area contributed by atoms with Crippen molar-refractivity contribution in [3.8, 4) is 5.75 Å². The Morgan fingerprint density at radius 2 is 1.83 bits per heavy atom. The summed E-state index contributed by atoms with van der Waals surface area (Å²) < 4.78 is 47.2. The third kappa shape index (κ3) is 5.35. The first-order valence-corrected chi connectivity index (χ1v) is 11.5. The Kier molecular flexibility index (Phi) is 6.61. The van der Waals surface area contributed by atoms with E-state index in [9.17, 15) is 17.9 Å². The summed E-state index contributed by atoms with van der Waals surface area (Å²) in [4.78, 5) is 0. The van der Waals surface area contributed by atoms with Gasteiger partial charge in [-0.3, -0.25) is 0 Å². The molecule has 0 spiro atoms. The Hall–Kier alpha value is -1.96. The van der Waals surface area contributed by atoms with Crippen LogP contribution < -0.4 is 4.74 Å². The smallest absolute Gasteiger partial charge is 0.218 e. The average molecular weight is 422 g/mol. The molecule has 1 aliphatic heterocycles. The summed E-state index contributed by atoms with van der Waals surface area (Å²) >= 11 is 0. The fraction of sp³-hybridized carbons (Fsp3) is 0.455. The van der Waals surface area contributed by atoms with Crippen molar-refractivity contribution >= 4 is 10.0 Å². The van der Waals surface area contributed by atoms with Gasteiger partial charge < -0.3 is 9.84 Å². The molecule has 0 aliphatic carbocycles. The highest BCUT2D eigenvalue weighted by atomic mass is 32.2. The highest BCUT2D eigenvalue weighted by Crippen LogP contribution is 2.33. The van der Waals surface area contributed by atoms with Gasteiger partial charge in [-0.25, -0.2) is 12.8 Å². The molecule has 1 N–H and O–H groups in total. The van der Waals surface area contributed by atoms with Crippen LogP contribution in [0.15, 0.2) is 54.6 Å². The number of piperidine rings is 1. The van der Waals surface area contributed by atoms with Crippen LogP contribution in [-0.4, -0.2) is 42.6 Å². The first-order chi connectivity index (χ1) is 13.7. The molecule has 0 bridgehead atoms. The molecule has 2 atom stereocenters. The molecule has 1 aliphatic rings. The molecule has 158 valence electrons. The van der Waals surface area contributed by atoms with Crippen molar-refractivity contribution in [3.05, 3.63) is 66.0 Å². The lowest BCUT2D eigenvalue weighted by molar-refractivity contribution is -0.105. The van der Waals surface area contributed by atoms with Gasteiger partial charge in [0, 0.05) is 12.1 Å². The van der Waals surface area contributed by atoms with Gasteiger partial charge in [0.2, 0.25) is 10.0 Å². The van der Waals surface area contributed by atoms with E-state index in [1.807, 2.05) is 32.0 Å². The van der Waals surface area contributed by atoms with Crippen molar-refractivity contribution < 1.29 is 22.7 Å². The number of ether oxygens (including phenoxy) is 1. The minimum absolute atomic E-state index is 0.0227. The van der Waals surface area contributed by atoms with Crippen LogP contribution in [0.2, 0.25) is 0 Å². The van der Waals surface area contributed by atoms with Crippen molar-refractivity contribution in [1.29, 1.82) is 0 Å². The first-order valence-electron chi connectivity index (χ1n) is 9.85. The molecule has 7 heteroatoms. The number of benzene rings is 2. The summed E-state index contributed by atoms with van der Waals surface area (Å²) in [5.74, 6) is -0.154. The maximum absolute atomic E-state index is 14.0. The Balaban J connectivity index is 1.82. The standard InChI is InChI=1S/C22H28FNO4S/c1-17(2)14-22(25)12-13-24(15-21(22)28-19-9-4-3-5-10-19)29(26,27)16-18-8-6-7-11-20(18)23/h3-11,17,21,25H,12-16H2,1-2H3/t21-,22+/m0/s1. The van der Waals surface area contributed by atoms with Gasteiger partial charge >= 0.3 is 0 Å². The van der Waals surface area contributed by atoms with Gasteiger partial charge in [-0.2, -0.15) is 4.31 Å². The fourth-order valence-corrected chi connectivity index (χ4v) is 5.37. The summed E-state index contributed by atoms with van der Waals surface area (Å²) in [6.45, 7) is 4.22. The van der Waals surface area contributed by atoms with E-state index in [0.29, 0.717) is 12.2 Å². The van der Waals surface area contributed by atoms with Crippen LogP contribution in [0.5, 0.6) is 5.75 Å². The molecule has 1 fully saturated rings. The number of halogens is 1. The summed E-state index contributed by atoms with van der Waals surface area (Å²) in [6, 6.07) is 15.0. The van der Waals surface area contributed by atoms with Crippen molar-refractivity contribution in [2.45, 2.75) is 44.1 Å². The van der Waals surface area contributed by atoms with Gasteiger partial charge in [0.25, 0.3) is 0 Å². The van der Waals surface area contributed by atoms with Gasteiger partial charge in [0.1, 0.15) is 23.3 Å². The normalized spacial score (nSPS) is 23.3. The van der Waals surface area contributed by atoms with Crippen LogP contribution >= 0.6 is 0 Å². The van der Waals surface area contributed by atoms with Gasteiger partial charge in [-0.05, 0) is 37.0 Å². The minimum atomic E-state index is -3.76. The molecule has 0 saturated carbocycles. The number of para-hydroxylation sites is 1. The predicted molar refractivity (Wildman–Crippen MR) is 110 cm³/mol. The van der Waals surface area contributed by atoms with E-state index >= 15 is 0 Å². The molecule has 0 unspecified atom stereocenters. The maximum Gasteiger partial charge on any atom is 0.218 e. The van der Waals surface area contributed by atoms with Crippen molar-refractivity contribution in [1.82, 2.24) is 4.31 Å². The van der Waals surface area contributed by atoms with Crippen LogP contribution in [0.4, 0.5) is 4.39 Å². The van der Waals surface area contributed by atoms with E-state index < -0.39 is 33.3 Å². The van der Waals surface area contributed by atoms with Crippen molar-refractivity contribution in [2.75, 3.05) is 13.1 Å². The summed E-state index contributed by atoms with van der Waals surface area (Å²) in [7, 11) is -3.76. The molecule has 1 heterocycles. The van der Waals surface area contributed by atoms with Crippen LogP contribution in [0.3, 0.4) is 0 Å². The lowest BCUT2D eigenvalue weighted by Crippen LogP contribution is -2.59. The third-order valence-electron chi connectivity index (χ3n) is 5.24. The number of hydrogen-bond acceptors (Lipinski definition) is 4. The lowest BCUT2D eigenvalue weighted by Gasteiger charge is -2.44. The molecule has 0 amide bonds. The molecular weight excluding hydrogens is 393 g/mol. The van der Waals surface area contributed by atoms with E-state index in [0.717, 1.165) is 0 Å².